The molecule has 1 aromatic rings. The molecule has 1 aromatic carbocycles. The number of benzene rings is 1. The van der Waals surface area contributed by atoms with Crippen LogP contribution in [0.4, 0.5) is 5.69 Å². The summed E-state index contributed by atoms with van der Waals surface area (Å²) >= 11 is 6.08. The van der Waals surface area contributed by atoms with E-state index in [9.17, 15) is 8.42 Å². The predicted molar refractivity (Wildman–Crippen MR) is 129 cm³/mol. The lowest BCUT2D eigenvalue weighted by molar-refractivity contribution is 0.461. The molecule has 0 radical (unpaired) electrons. The van der Waals surface area contributed by atoms with Gasteiger partial charge in [-0.3, -0.25) is 4.99 Å². The minimum absolute atomic E-state index is 0. The van der Waals surface area contributed by atoms with Crippen LogP contribution in [0.3, 0.4) is 0 Å². The number of hydrogen-bond acceptors (Lipinski definition) is 4. The highest BCUT2D eigenvalue weighted by Gasteiger charge is 2.23. The Morgan fingerprint density at radius 1 is 1.43 bits per heavy atom. The second kappa shape index (κ2) is 12.0. The van der Waals surface area contributed by atoms with E-state index in [4.69, 9.17) is 11.6 Å². The first kappa shape index (κ1) is 25.3. The smallest absolute Gasteiger partial charge is 0.213 e. The molecule has 0 bridgehead atoms. The Kier molecular flexibility index (Phi) is 10.9. The average Bonchev–Trinajstić information content (AvgIpc) is 3.12. The quantitative estimate of drug-likeness (QED) is 0.228. The summed E-state index contributed by atoms with van der Waals surface area (Å²) in [4.78, 5) is 6.57. The third-order valence-corrected chi connectivity index (χ3v) is 6.80. The van der Waals surface area contributed by atoms with Crippen molar-refractivity contribution in [2.45, 2.75) is 25.8 Å². The van der Waals surface area contributed by atoms with E-state index in [2.05, 4.69) is 26.6 Å². The molecule has 10 heteroatoms. The van der Waals surface area contributed by atoms with Crippen molar-refractivity contribution in [2.75, 3.05) is 50.9 Å². The van der Waals surface area contributed by atoms with Gasteiger partial charge < -0.3 is 15.5 Å². The molecular weight excluding hydrogens is 513 g/mol. The lowest BCUT2D eigenvalue weighted by atomic mass is 10.2. The Bertz CT molecular complexity index is 747. The molecule has 1 saturated heterocycles. The second-order valence-electron chi connectivity index (χ2n) is 6.63. The van der Waals surface area contributed by atoms with E-state index in [1.165, 1.54) is 4.31 Å². The van der Waals surface area contributed by atoms with Crippen molar-refractivity contribution in [2.24, 2.45) is 4.99 Å². The monoisotopic (exact) mass is 543 g/mol. The normalized spacial score (nSPS) is 17.5. The van der Waals surface area contributed by atoms with Crippen LogP contribution in [0.25, 0.3) is 0 Å². The lowest BCUT2D eigenvalue weighted by Crippen LogP contribution is -2.45. The molecule has 1 atom stereocenters. The Labute approximate surface area is 191 Å². The average molecular weight is 544 g/mol. The van der Waals surface area contributed by atoms with E-state index in [1.807, 2.05) is 18.2 Å². The van der Waals surface area contributed by atoms with Crippen LogP contribution in [-0.2, 0) is 10.0 Å². The minimum Gasteiger partial charge on any atom is -0.369 e. The van der Waals surface area contributed by atoms with Crippen molar-refractivity contribution in [1.29, 1.82) is 0 Å². The Morgan fingerprint density at radius 3 is 2.82 bits per heavy atom. The van der Waals surface area contributed by atoms with E-state index in [0.29, 0.717) is 19.1 Å². The molecule has 7 nitrogen and oxygen atoms in total. The number of guanidine groups is 1. The van der Waals surface area contributed by atoms with Gasteiger partial charge in [-0.1, -0.05) is 17.7 Å². The number of halogens is 2. The van der Waals surface area contributed by atoms with Gasteiger partial charge in [0.15, 0.2) is 5.96 Å². The summed E-state index contributed by atoms with van der Waals surface area (Å²) in [5.41, 5.74) is 1.13. The van der Waals surface area contributed by atoms with Gasteiger partial charge in [0.05, 0.1) is 5.75 Å². The van der Waals surface area contributed by atoms with Crippen molar-refractivity contribution in [1.82, 2.24) is 14.9 Å². The van der Waals surface area contributed by atoms with Crippen LogP contribution in [0, 0.1) is 0 Å². The second-order valence-corrected chi connectivity index (χ2v) is 9.43. The van der Waals surface area contributed by atoms with E-state index in [-0.39, 0.29) is 29.7 Å². The predicted octanol–water partition coefficient (Wildman–Crippen LogP) is 2.37. The summed E-state index contributed by atoms with van der Waals surface area (Å²) in [6.45, 7) is 4.66. The first-order chi connectivity index (χ1) is 12.9. The summed E-state index contributed by atoms with van der Waals surface area (Å²) in [7, 11) is 0.249. The molecule has 1 aliphatic rings. The van der Waals surface area contributed by atoms with Crippen LogP contribution in [0.5, 0.6) is 0 Å². The van der Waals surface area contributed by atoms with Crippen molar-refractivity contribution in [3.8, 4) is 0 Å². The van der Waals surface area contributed by atoms with Gasteiger partial charge >= 0.3 is 0 Å². The largest absolute Gasteiger partial charge is 0.369 e. The molecule has 28 heavy (non-hydrogen) atoms. The number of hydrogen-bond donors (Lipinski definition) is 2. The van der Waals surface area contributed by atoms with Gasteiger partial charge in [-0.15, -0.1) is 24.0 Å². The topological polar surface area (TPSA) is 77.0 Å². The van der Waals surface area contributed by atoms with Gasteiger partial charge in [0.2, 0.25) is 10.0 Å². The SMILES string of the molecule is CCS(=O)(=O)N(C)CCCNC(=NC)NC1CCN(c2cccc(Cl)c2)C1.I. The fraction of sp³-hybridized carbons (Fsp3) is 0.611. The fourth-order valence-corrected chi connectivity index (χ4v) is 4.07. The van der Waals surface area contributed by atoms with Crippen LogP contribution in [0.2, 0.25) is 5.02 Å². The highest BCUT2D eigenvalue weighted by molar-refractivity contribution is 14.0. The van der Waals surface area contributed by atoms with E-state index in [0.717, 1.165) is 42.6 Å². The summed E-state index contributed by atoms with van der Waals surface area (Å²) in [5.74, 6) is 0.874. The molecule has 1 heterocycles. The van der Waals surface area contributed by atoms with Gasteiger partial charge in [-0.2, -0.15) is 0 Å². The number of aliphatic imine (C=N–C) groups is 1. The van der Waals surface area contributed by atoms with Crippen LogP contribution >= 0.6 is 35.6 Å². The summed E-state index contributed by atoms with van der Waals surface area (Å²) in [6, 6.07) is 8.21. The van der Waals surface area contributed by atoms with Crippen molar-refractivity contribution >= 4 is 57.2 Å². The zero-order chi connectivity index (χ0) is 19.9. The van der Waals surface area contributed by atoms with Gasteiger partial charge in [0, 0.05) is 57.0 Å². The maximum Gasteiger partial charge on any atom is 0.213 e. The van der Waals surface area contributed by atoms with E-state index in [1.54, 1.807) is 21.0 Å². The summed E-state index contributed by atoms with van der Waals surface area (Å²) in [6.07, 6.45) is 1.74. The molecular formula is C18H31ClIN5O2S. The van der Waals surface area contributed by atoms with Crippen molar-refractivity contribution < 1.29 is 8.42 Å². The van der Waals surface area contributed by atoms with Crippen molar-refractivity contribution in [3.05, 3.63) is 29.3 Å². The maximum atomic E-state index is 11.7. The number of sulfonamides is 1. The molecule has 0 saturated carbocycles. The Morgan fingerprint density at radius 2 is 2.18 bits per heavy atom. The maximum absolute atomic E-state index is 11.7. The molecule has 0 amide bonds. The molecule has 2 N–H and O–H groups in total. The van der Waals surface area contributed by atoms with Gasteiger partial charge in [-0.05, 0) is 38.0 Å². The summed E-state index contributed by atoms with van der Waals surface area (Å²) < 4.78 is 24.9. The van der Waals surface area contributed by atoms with Crippen LogP contribution < -0.4 is 15.5 Å². The lowest BCUT2D eigenvalue weighted by Gasteiger charge is -2.21. The van der Waals surface area contributed by atoms with Gasteiger partial charge in [0.1, 0.15) is 0 Å². The zero-order valence-corrected chi connectivity index (χ0v) is 20.6. The first-order valence-electron chi connectivity index (χ1n) is 9.27. The first-order valence-corrected chi connectivity index (χ1v) is 11.3. The minimum atomic E-state index is -3.11. The van der Waals surface area contributed by atoms with Crippen LogP contribution in [-0.4, -0.2) is 70.8 Å². The molecule has 160 valence electrons. The third-order valence-electron chi connectivity index (χ3n) is 4.71. The molecule has 0 aromatic heterocycles. The molecule has 1 aliphatic heterocycles. The zero-order valence-electron chi connectivity index (χ0n) is 16.7. The summed E-state index contributed by atoms with van der Waals surface area (Å²) in [5, 5.41) is 7.45. The van der Waals surface area contributed by atoms with Gasteiger partial charge in [0.25, 0.3) is 0 Å². The standard InChI is InChI=1S/C18H30ClN5O2S.HI/c1-4-27(25,26)23(3)11-6-10-21-18(20-2)22-16-9-12-24(14-16)17-8-5-7-15(19)13-17;/h5,7-8,13,16H,4,6,9-12,14H2,1-3H3,(H2,20,21,22);1H. The van der Waals surface area contributed by atoms with Crippen LogP contribution in [0.1, 0.15) is 19.8 Å². The van der Waals surface area contributed by atoms with E-state index < -0.39 is 10.0 Å². The Balaban J connectivity index is 0.00000392. The Hall–Kier alpha value is -0.780. The number of nitrogens with one attached hydrogen (secondary N) is 2. The number of rotatable bonds is 8. The molecule has 0 spiro atoms. The molecule has 1 unspecified atom stereocenters. The highest BCUT2D eigenvalue weighted by atomic mass is 127. The fourth-order valence-electron chi connectivity index (χ4n) is 3.04. The molecule has 1 fully saturated rings. The molecule has 0 aliphatic carbocycles. The molecule has 2 rings (SSSR count). The van der Waals surface area contributed by atoms with Crippen LogP contribution in [0.15, 0.2) is 29.3 Å². The number of anilines is 1. The highest BCUT2D eigenvalue weighted by Crippen LogP contribution is 2.23. The van der Waals surface area contributed by atoms with Crippen molar-refractivity contribution in [3.63, 3.8) is 0 Å². The van der Waals surface area contributed by atoms with Gasteiger partial charge in [-0.25, -0.2) is 12.7 Å². The number of nitrogens with zero attached hydrogens (tertiary/aromatic N) is 3. The third kappa shape index (κ3) is 7.57. The van der Waals surface area contributed by atoms with E-state index >= 15 is 0 Å².